The van der Waals surface area contributed by atoms with Crippen molar-refractivity contribution < 1.29 is 14.3 Å². The van der Waals surface area contributed by atoms with Gasteiger partial charge in [0.1, 0.15) is 6.61 Å². The minimum atomic E-state index is -0.400. The van der Waals surface area contributed by atoms with Gasteiger partial charge in [0.2, 0.25) is 5.91 Å². The lowest BCUT2D eigenvalue weighted by Crippen LogP contribution is -2.34. The van der Waals surface area contributed by atoms with E-state index in [2.05, 4.69) is 47.8 Å². The first-order valence-electron chi connectivity index (χ1n) is 15.8. The van der Waals surface area contributed by atoms with Crippen molar-refractivity contribution >= 4 is 35.2 Å². The van der Waals surface area contributed by atoms with Crippen LogP contribution < -0.4 is 5.32 Å². The first kappa shape index (κ1) is 31.2. The van der Waals surface area contributed by atoms with Gasteiger partial charge in [0.15, 0.2) is 0 Å². The third kappa shape index (κ3) is 6.75. The summed E-state index contributed by atoms with van der Waals surface area (Å²) in [7, 11) is 1.92. The Balaban J connectivity index is 0.938. The second-order valence-corrected chi connectivity index (χ2v) is 12.8. The Morgan fingerprint density at radius 2 is 1.42 bits per heavy atom. The summed E-state index contributed by atoms with van der Waals surface area (Å²) < 4.78 is 5.64. The molecule has 6 rings (SSSR count). The van der Waals surface area contributed by atoms with Crippen molar-refractivity contribution in [2.24, 2.45) is 0 Å². The normalized spacial score (nSPS) is 16.8. The van der Waals surface area contributed by atoms with E-state index in [1.807, 2.05) is 60.5 Å². The van der Waals surface area contributed by atoms with Gasteiger partial charge >= 0.3 is 6.09 Å². The second-order valence-electron chi connectivity index (χ2n) is 12.0. The van der Waals surface area contributed by atoms with Gasteiger partial charge in [0.05, 0.1) is 16.1 Å². The average Bonchev–Trinajstić information content (AvgIpc) is 3.39. The van der Waals surface area contributed by atoms with E-state index in [1.54, 1.807) is 0 Å². The molecule has 7 heteroatoms. The highest BCUT2D eigenvalue weighted by Gasteiger charge is 2.32. The predicted molar refractivity (Wildman–Crippen MR) is 181 cm³/mol. The molecule has 0 unspecified atom stereocenters. The molecule has 0 aliphatic heterocycles. The molecule has 0 saturated carbocycles. The van der Waals surface area contributed by atoms with E-state index in [-0.39, 0.29) is 23.8 Å². The largest absolute Gasteiger partial charge is 0.449 e. The quantitative estimate of drug-likeness (QED) is 0.176. The highest BCUT2D eigenvalue weighted by atomic mass is 35.5. The molecule has 0 saturated heterocycles. The maximum atomic E-state index is 13.2. The van der Waals surface area contributed by atoms with Gasteiger partial charge in [0.25, 0.3) is 0 Å². The predicted octanol–water partition coefficient (Wildman–Crippen LogP) is 9.52. The Kier molecular flexibility index (Phi) is 9.77. The fraction of sp³-hybridized carbons (Fsp3) is 0.316. The summed E-state index contributed by atoms with van der Waals surface area (Å²) in [6, 6.07) is 30.9. The van der Waals surface area contributed by atoms with Crippen molar-refractivity contribution in [2.45, 2.75) is 56.4 Å². The molecule has 2 atom stereocenters. The number of nitrogens with one attached hydrogen (secondary N) is 1. The minimum Gasteiger partial charge on any atom is -0.449 e. The molecule has 0 fully saturated rings. The SMILES string of the molecule is CN(C(=O)CCCCCNC(=O)OCC1c2ccccc2-c2ccccc21)[C@H]1CC[C@@H](c2ccc(Cl)c(Cl)c2)c2ccccc21. The number of carbonyl (C=O) groups is 2. The first-order chi connectivity index (χ1) is 21.9. The van der Waals surface area contributed by atoms with Crippen molar-refractivity contribution in [3.05, 3.63) is 129 Å². The second kappa shape index (κ2) is 14.1. The number of alkyl carbamates (subject to hydrolysis) is 1. The highest BCUT2D eigenvalue weighted by Crippen LogP contribution is 2.45. The molecule has 0 bridgehead atoms. The van der Waals surface area contributed by atoms with Crippen LogP contribution in [0.25, 0.3) is 11.1 Å². The van der Waals surface area contributed by atoms with Crippen molar-refractivity contribution in [1.82, 2.24) is 10.2 Å². The molecule has 0 heterocycles. The number of carbonyl (C=O) groups excluding carboxylic acids is 2. The molecule has 0 spiro atoms. The molecular weight excluding hydrogens is 603 g/mol. The fourth-order valence-corrected chi connectivity index (χ4v) is 7.32. The van der Waals surface area contributed by atoms with Crippen molar-refractivity contribution in [3.8, 4) is 11.1 Å². The van der Waals surface area contributed by atoms with Crippen molar-refractivity contribution in [1.29, 1.82) is 0 Å². The van der Waals surface area contributed by atoms with Gasteiger partial charge in [-0.1, -0.05) is 108 Å². The lowest BCUT2D eigenvalue weighted by molar-refractivity contribution is -0.132. The summed E-state index contributed by atoms with van der Waals surface area (Å²) in [4.78, 5) is 27.6. The molecule has 2 aliphatic rings. The number of ether oxygens (including phenoxy) is 1. The molecule has 1 N–H and O–H groups in total. The number of hydrogen-bond donors (Lipinski definition) is 1. The molecular formula is C38H38Cl2N2O3. The van der Waals surface area contributed by atoms with E-state index in [0.29, 0.717) is 29.6 Å². The lowest BCUT2D eigenvalue weighted by atomic mass is 9.76. The third-order valence-corrected chi connectivity index (χ3v) is 10.1. The summed E-state index contributed by atoms with van der Waals surface area (Å²) >= 11 is 12.5. The number of benzene rings is 4. The topological polar surface area (TPSA) is 58.6 Å². The van der Waals surface area contributed by atoms with Gasteiger partial charge in [-0.15, -0.1) is 0 Å². The fourth-order valence-electron chi connectivity index (χ4n) is 7.01. The zero-order chi connectivity index (χ0) is 31.3. The van der Waals surface area contributed by atoms with Gasteiger partial charge in [-0.25, -0.2) is 4.79 Å². The van der Waals surface area contributed by atoms with E-state index >= 15 is 0 Å². The van der Waals surface area contributed by atoms with Gasteiger partial charge in [0, 0.05) is 31.8 Å². The standard InChI is InChI=1S/C38H38Cl2N2O3/c1-42(36-21-19-26(27-11-8-9-16-32(27)36)25-18-20-34(39)35(40)23-25)37(43)17-3-2-10-22-41-38(44)45-24-33-30-14-6-4-12-28(30)29-13-5-7-15-31(29)33/h4-9,11-16,18,20,23,26,33,36H,2-3,10,17,19,21-22,24H2,1H3,(H,41,44)/t26-,36-/m0/s1. The number of fused-ring (bicyclic) bond motifs is 4. The Morgan fingerprint density at radius 1 is 0.778 bits per heavy atom. The van der Waals surface area contributed by atoms with Crippen molar-refractivity contribution in [3.63, 3.8) is 0 Å². The van der Waals surface area contributed by atoms with Crippen molar-refractivity contribution in [2.75, 3.05) is 20.2 Å². The molecule has 0 aromatic heterocycles. The Labute approximate surface area is 275 Å². The van der Waals surface area contributed by atoms with E-state index < -0.39 is 6.09 Å². The van der Waals surface area contributed by atoms with Crippen LogP contribution >= 0.6 is 23.2 Å². The highest BCUT2D eigenvalue weighted by molar-refractivity contribution is 6.42. The van der Waals surface area contributed by atoms with Crippen LogP contribution in [0.1, 0.15) is 84.2 Å². The van der Waals surface area contributed by atoms with Crippen LogP contribution in [0.4, 0.5) is 4.79 Å². The van der Waals surface area contributed by atoms with Crippen LogP contribution in [0.15, 0.2) is 91.0 Å². The minimum absolute atomic E-state index is 0.0444. The van der Waals surface area contributed by atoms with Crippen LogP contribution in [-0.2, 0) is 9.53 Å². The first-order valence-corrected chi connectivity index (χ1v) is 16.6. The number of hydrogen-bond acceptors (Lipinski definition) is 3. The lowest BCUT2D eigenvalue weighted by Gasteiger charge is -2.37. The Morgan fingerprint density at radius 3 is 2.11 bits per heavy atom. The summed E-state index contributed by atoms with van der Waals surface area (Å²) in [5, 5.41) is 4.00. The Hall–Kier alpha value is -3.80. The molecule has 5 nitrogen and oxygen atoms in total. The summed E-state index contributed by atoms with van der Waals surface area (Å²) in [5.74, 6) is 0.413. The van der Waals surface area contributed by atoms with Gasteiger partial charge < -0.3 is 15.0 Å². The molecule has 45 heavy (non-hydrogen) atoms. The molecule has 2 amide bonds. The number of amides is 2. The number of rotatable bonds is 10. The smallest absolute Gasteiger partial charge is 0.407 e. The summed E-state index contributed by atoms with van der Waals surface area (Å²) in [6.45, 7) is 0.825. The zero-order valence-electron chi connectivity index (χ0n) is 25.5. The van der Waals surface area contributed by atoms with Gasteiger partial charge in [-0.3, -0.25) is 4.79 Å². The van der Waals surface area contributed by atoms with Crippen LogP contribution in [0, 0.1) is 0 Å². The van der Waals surface area contributed by atoms with E-state index in [1.165, 1.54) is 33.4 Å². The number of nitrogens with zero attached hydrogens (tertiary/aromatic N) is 1. The monoisotopic (exact) mass is 640 g/mol. The summed E-state index contributed by atoms with van der Waals surface area (Å²) in [6.07, 6.45) is 4.31. The molecule has 0 radical (unpaired) electrons. The molecule has 4 aromatic rings. The van der Waals surface area contributed by atoms with Crippen LogP contribution in [-0.4, -0.2) is 37.1 Å². The Bertz CT molecular complexity index is 1640. The van der Waals surface area contributed by atoms with E-state index in [0.717, 1.165) is 37.7 Å². The summed E-state index contributed by atoms with van der Waals surface area (Å²) in [5.41, 5.74) is 8.41. The number of halogens is 2. The molecule has 4 aromatic carbocycles. The van der Waals surface area contributed by atoms with Crippen LogP contribution in [0.2, 0.25) is 10.0 Å². The van der Waals surface area contributed by atoms with Gasteiger partial charge in [-0.05, 0) is 76.8 Å². The van der Waals surface area contributed by atoms with E-state index in [4.69, 9.17) is 27.9 Å². The third-order valence-electron chi connectivity index (χ3n) is 9.35. The van der Waals surface area contributed by atoms with E-state index in [9.17, 15) is 9.59 Å². The maximum Gasteiger partial charge on any atom is 0.407 e. The number of unbranched alkanes of at least 4 members (excludes halogenated alkanes) is 2. The molecule has 2 aliphatic carbocycles. The van der Waals surface area contributed by atoms with Crippen LogP contribution in [0.3, 0.4) is 0 Å². The maximum absolute atomic E-state index is 13.2. The van der Waals surface area contributed by atoms with Gasteiger partial charge in [-0.2, -0.15) is 0 Å². The van der Waals surface area contributed by atoms with Crippen LogP contribution in [0.5, 0.6) is 0 Å². The molecule has 232 valence electrons. The zero-order valence-corrected chi connectivity index (χ0v) is 27.0. The average molecular weight is 642 g/mol.